The van der Waals surface area contributed by atoms with Gasteiger partial charge in [0.15, 0.2) is 11.5 Å². The van der Waals surface area contributed by atoms with Crippen LogP contribution in [0.15, 0.2) is 134 Å². The number of pyridine rings is 1. The van der Waals surface area contributed by atoms with Crippen LogP contribution in [-0.4, -0.2) is 40.8 Å². The molecule has 9 rings (SSSR count). The standard InChI is InChI=1S/C48H51N2O5/c1-3-38-30-50(24-22-39(38)27-44(50)47(51)41-21-23-49-43-20-19-40(52-2)28-42(41)43)29-37-25-45(53-31-34-13-7-4-8-14-34)48(55-33-36-17-11-6-12-18-36)46(26-37)54-32-35-15-9-5-10-16-35/h4-21,23,25-26,28,38-39,44,47,51H,3,22,24,27,29-33H2,1-2H3/q+1/t38?,39?,44?,47-,50?/m1/s1. The molecule has 5 atom stereocenters. The smallest absolute Gasteiger partial charge is 0.203 e. The summed E-state index contributed by atoms with van der Waals surface area (Å²) in [6.45, 7) is 6.24. The van der Waals surface area contributed by atoms with E-state index in [0.717, 1.165) is 87.8 Å². The Morgan fingerprint density at radius 3 is 1.91 bits per heavy atom. The number of rotatable bonds is 15. The van der Waals surface area contributed by atoms with Crippen LogP contribution in [0.5, 0.6) is 23.0 Å². The van der Waals surface area contributed by atoms with Crippen molar-refractivity contribution in [3.63, 3.8) is 0 Å². The number of aliphatic hydroxyl groups excluding tert-OH is 1. The fraction of sp³-hybridized carbons (Fsp3) is 0.312. The molecular weight excluding hydrogens is 685 g/mol. The fourth-order valence-corrected chi connectivity index (χ4v) is 9.04. The second kappa shape index (κ2) is 16.6. The van der Waals surface area contributed by atoms with Crippen molar-refractivity contribution in [2.75, 3.05) is 20.2 Å². The zero-order chi connectivity index (χ0) is 37.6. The van der Waals surface area contributed by atoms with E-state index in [4.69, 9.17) is 18.9 Å². The van der Waals surface area contributed by atoms with Crippen molar-refractivity contribution in [2.45, 2.75) is 64.7 Å². The summed E-state index contributed by atoms with van der Waals surface area (Å²) in [5.74, 6) is 3.86. The van der Waals surface area contributed by atoms with Crippen molar-refractivity contribution in [2.24, 2.45) is 11.8 Å². The van der Waals surface area contributed by atoms with E-state index in [1.54, 1.807) is 7.11 Å². The molecule has 0 saturated carbocycles. The average molecular weight is 736 g/mol. The quantitative estimate of drug-likeness (QED) is 0.106. The second-order valence-electron chi connectivity index (χ2n) is 15.3. The van der Waals surface area contributed by atoms with E-state index < -0.39 is 6.10 Å². The zero-order valence-electron chi connectivity index (χ0n) is 31.8. The molecule has 2 bridgehead atoms. The van der Waals surface area contributed by atoms with Crippen LogP contribution in [-0.2, 0) is 26.4 Å². The number of quaternary nitrogens is 1. The molecule has 1 aromatic heterocycles. The topological polar surface area (TPSA) is 70.0 Å². The SMILES string of the molecule is CCC1C[N+]2(Cc3cc(OCc4ccccc4)c(OCc4ccccc4)c(OCc4ccccc4)c3)CCC1CC2[C@H](O)c1ccnc2ccc(OC)cc12. The Balaban J connectivity index is 1.19. The van der Waals surface area contributed by atoms with Gasteiger partial charge in [0.2, 0.25) is 5.75 Å². The Hall–Kier alpha value is -5.37. The van der Waals surface area contributed by atoms with Crippen LogP contribution in [0.4, 0.5) is 0 Å². The maximum absolute atomic E-state index is 12.5. The van der Waals surface area contributed by atoms with Gasteiger partial charge in [-0.2, -0.15) is 0 Å². The number of aliphatic hydroxyl groups is 1. The van der Waals surface area contributed by atoms with E-state index in [0.29, 0.717) is 48.9 Å². The normalized spacial score (nSPS) is 20.9. The first-order valence-electron chi connectivity index (χ1n) is 19.7. The van der Waals surface area contributed by atoms with Crippen molar-refractivity contribution >= 4 is 10.9 Å². The maximum Gasteiger partial charge on any atom is 0.203 e. The van der Waals surface area contributed by atoms with E-state index in [1.807, 2.05) is 85.1 Å². The number of piperidine rings is 3. The number of hydrogen-bond acceptors (Lipinski definition) is 6. The molecule has 3 saturated heterocycles. The van der Waals surface area contributed by atoms with Crippen molar-refractivity contribution in [3.8, 4) is 23.0 Å². The van der Waals surface area contributed by atoms with Gasteiger partial charge in [0, 0.05) is 35.9 Å². The third-order valence-electron chi connectivity index (χ3n) is 11.9. The lowest BCUT2D eigenvalue weighted by atomic mass is 9.70. The third-order valence-corrected chi connectivity index (χ3v) is 11.9. The first-order chi connectivity index (χ1) is 27.0. The van der Waals surface area contributed by atoms with Crippen molar-refractivity contribution in [1.29, 1.82) is 0 Å². The largest absolute Gasteiger partial charge is 0.497 e. The highest BCUT2D eigenvalue weighted by atomic mass is 16.5. The van der Waals surface area contributed by atoms with Gasteiger partial charge >= 0.3 is 0 Å². The lowest BCUT2D eigenvalue weighted by molar-refractivity contribution is -0.985. The predicted molar refractivity (Wildman–Crippen MR) is 216 cm³/mol. The van der Waals surface area contributed by atoms with Gasteiger partial charge in [0.05, 0.1) is 25.7 Å². The van der Waals surface area contributed by atoms with Crippen LogP contribution in [0.2, 0.25) is 0 Å². The summed E-state index contributed by atoms with van der Waals surface area (Å²) < 4.78 is 26.4. The molecule has 282 valence electrons. The Bertz CT molecular complexity index is 2120. The zero-order valence-corrected chi connectivity index (χ0v) is 31.8. The predicted octanol–water partition coefficient (Wildman–Crippen LogP) is 9.85. The van der Waals surface area contributed by atoms with Gasteiger partial charge < -0.3 is 28.5 Å². The van der Waals surface area contributed by atoms with E-state index in [9.17, 15) is 5.11 Å². The van der Waals surface area contributed by atoms with Crippen LogP contribution < -0.4 is 18.9 Å². The lowest BCUT2D eigenvalue weighted by Crippen LogP contribution is -2.67. The van der Waals surface area contributed by atoms with Gasteiger partial charge in [-0.1, -0.05) is 97.9 Å². The first kappa shape index (κ1) is 36.6. The summed E-state index contributed by atoms with van der Waals surface area (Å²) in [4.78, 5) is 4.63. The molecule has 6 aromatic rings. The van der Waals surface area contributed by atoms with Gasteiger partial charge in [-0.25, -0.2) is 0 Å². The molecule has 3 aliphatic rings. The number of ether oxygens (including phenoxy) is 4. The van der Waals surface area contributed by atoms with Crippen molar-refractivity contribution in [1.82, 2.24) is 4.98 Å². The Morgan fingerprint density at radius 1 is 0.727 bits per heavy atom. The highest BCUT2D eigenvalue weighted by Crippen LogP contribution is 2.50. The summed E-state index contributed by atoms with van der Waals surface area (Å²) in [5, 5.41) is 13.5. The summed E-state index contributed by atoms with van der Waals surface area (Å²) >= 11 is 0. The van der Waals surface area contributed by atoms with Crippen molar-refractivity contribution in [3.05, 3.63) is 161 Å². The number of hydrogen-bond donors (Lipinski definition) is 1. The van der Waals surface area contributed by atoms with Crippen molar-refractivity contribution < 1.29 is 28.5 Å². The second-order valence-corrected chi connectivity index (χ2v) is 15.3. The molecule has 7 nitrogen and oxygen atoms in total. The summed E-state index contributed by atoms with van der Waals surface area (Å²) in [7, 11) is 1.68. The Kier molecular flexibility index (Phi) is 11.0. The van der Waals surface area contributed by atoms with E-state index >= 15 is 0 Å². The van der Waals surface area contributed by atoms with Gasteiger partial charge in [-0.3, -0.25) is 4.98 Å². The third kappa shape index (κ3) is 8.05. The Labute approximate surface area is 324 Å². The molecule has 0 spiro atoms. The summed E-state index contributed by atoms with van der Waals surface area (Å²) in [5.41, 5.74) is 6.08. The lowest BCUT2D eigenvalue weighted by Gasteiger charge is -2.58. The minimum Gasteiger partial charge on any atom is -0.497 e. The molecule has 7 heteroatoms. The fourth-order valence-electron chi connectivity index (χ4n) is 9.04. The van der Waals surface area contributed by atoms with Gasteiger partial charge in [-0.15, -0.1) is 0 Å². The van der Waals surface area contributed by atoms with Crippen LogP contribution in [0.25, 0.3) is 10.9 Å². The van der Waals surface area contributed by atoms with E-state index in [2.05, 4.69) is 60.4 Å². The van der Waals surface area contributed by atoms with Gasteiger partial charge in [0.25, 0.3) is 0 Å². The number of aromatic nitrogens is 1. The molecule has 3 fully saturated rings. The minimum atomic E-state index is -0.672. The molecule has 5 aromatic carbocycles. The molecule has 55 heavy (non-hydrogen) atoms. The molecule has 4 unspecified atom stereocenters. The molecule has 0 aliphatic carbocycles. The molecular formula is C48H51N2O5+. The maximum atomic E-state index is 12.5. The number of nitrogens with zero attached hydrogens (tertiary/aromatic N) is 2. The molecule has 3 aliphatic heterocycles. The first-order valence-corrected chi connectivity index (χ1v) is 19.7. The van der Waals surface area contributed by atoms with Crippen LogP contribution in [0.1, 0.15) is 60.1 Å². The number of methoxy groups -OCH3 is 1. The molecule has 0 radical (unpaired) electrons. The molecule has 4 heterocycles. The minimum absolute atomic E-state index is 0.00901. The van der Waals surface area contributed by atoms with E-state index in [-0.39, 0.29) is 6.04 Å². The average Bonchev–Trinajstić information content (AvgIpc) is 3.24. The Morgan fingerprint density at radius 2 is 1.33 bits per heavy atom. The highest BCUT2D eigenvalue weighted by molar-refractivity contribution is 5.84. The highest BCUT2D eigenvalue weighted by Gasteiger charge is 2.54. The summed E-state index contributed by atoms with van der Waals surface area (Å²) in [6, 6.07) is 42.9. The van der Waals surface area contributed by atoms with E-state index in [1.165, 1.54) is 0 Å². The number of fused-ring (bicyclic) bond motifs is 4. The van der Waals surface area contributed by atoms with Gasteiger partial charge in [-0.05, 0) is 71.0 Å². The number of benzene rings is 5. The van der Waals surface area contributed by atoms with Gasteiger partial charge in [0.1, 0.15) is 44.3 Å². The van der Waals surface area contributed by atoms with Crippen LogP contribution >= 0.6 is 0 Å². The van der Waals surface area contributed by atoms with Crippen LogP contribution in [0, 0.1) is 11.8 Å². The molecule has 0 amide bonds. The van der Waals surface area contributed by atoms with Crippen LogP contribution in [0.3, 0.4) is 0 Å². The monoisotopic (exact) mass is 735 g/mol. The summed E-state index contributed by atoms with van der Waals surface area (Å²) in [6.07, 6.45) is 4.41. The molecule has 1 N–H and O–H groups in total.